The third-order valence-electron chi connectivity index (χ3n) is 2.77. The number of aliphatic hydroxyl groups is 1. The minimum atomic E-state index is -3.48. The summed E-state index contributed by atoms with van der Waals surface area (Å²) in [6.07, 6.45) is 2.09. The topological polar surface area (TPSA) is 84.9 Å². The van der Waals surface area contributed by atoms with Crippen LogP contribution in [0.5, 0.6) is 5.75 Å². The van der Waals surface area contributed by atoms with Gasteiger partial charge in [-0.25, -0.2) is 13.1 Å². The summed E-state index contributed by atoms with van der Waals surface area (Å²) in [4.78, 5) is 0.212. The number of hydrogen-bond acceptors (Lipinski definition) is 5. The molecule has 0 heterocycles. The summed E-state index contributed by atoms with van der Waals surface area (Å²) in [7, 11) is -1.86. The molecule has 0 aliphatic heterocycles. The highest BCUT2D eigenvalue weighted by atomic mass is 32.2. The standard InChI is InChI=1S/C14H23NO5S/c1-19-11-3-2-9-15-21(17,18)14-7-5-13(6-8-14)20-12-4-10-16/h5-8,15-16H,2-4,9-12H2,1H3. The molecule has 0 aliphatic carbocycles. The molecule has 0 aromatic heterocycles. The monoisotopic (exact) mass is 317 g/mol. The number of benzene rings is 1. The Bertz CT molecular complexity index is 487. The van der Waals surface area contributed by atoms with Gasteiger partial charge in [-0.2, -0.15) is 0 Å². The van der Waals surface area contributed by atoms with Gasteiger partial charge in [0.15, 0.2) is 0 Å². The molecule has 0 saturated carbocycles. The number of hydrogen-bond donors (Lipinski definition) is 2. The second-order valence-corrected chi connectivity index (χ2v) is 6.26. The maximum Gasteiger partial charge on any atom is 0.240 e. The van der Waals surface area contributed by atoms with Gasteiger partial charge in [-0.15, -0.1) is 0 Å². The van der Waals surface area contributed by atoms with E-state index in [1.165, 1.54) is 12.1 Å². The van der Waals surface area contributed by atoms with Gasteiger partial charge in [-0.1, -0.05) is 0 Å². The van der Waals surface area contributed by atoms with Crippen LogP contribution in [0.2, 0.25) is 0 Å². The molecule has 6 nitrogen and oxygen atoms in total. The van der Waals surface area contributed by atoms with E-state index in [4.69, 9.17) is 14.6 Å². The van der Waals surface area contributed by atoms with E-state index in [1.807, 2.05) is 0 Å². The Morgan fingerprint density at radius 2 is 1.81 bits per heavy atom. The predicted molar refractivity (Wildman–Crippen MR) is 79.9 cm³/mol. The average Bonchev–Trinajstić information content (AvgIpc) is 2.48. The average molecular weight is 317 g/mol. The number of nitrogens with one attached hydrogen (secondary N) is 1. The lowest BCUT2D eigenvalue weighted by Gasteiger charge is -2.08. The van der Waals surface area contributed by atoms with Gasteiger partial charge in [0.25, 0.3) is 0 Å². The predicted octanol–water partition coefficient (Wildman–Crippen LogP) is 1.15. The Kier molecular flexibility index (Phi) is 8.29. The van der Waals surface area contributed by atoms with Crippen molar-refractivity contribution >= 4 is 10.0 Å². The van der Waals surface area contributed by atoms with Crippen molar-refractivity contribution in [2.24, 2.45) is 0 Å². The SMILES string of the molecule is COCCCCNS(=O)(=O)c1ccc(OCCCO)cc1. The zero-order valence-electron chi connectivity index (χ0n) is 12.2. The Morgan fingerprint density at radius 1 is 1.10 bits per heavy atom. The molecule has 0 atom stereocenters. The van der Waals surface area contributed by atoms with Crippen LogP contribution in [0.1, 0.15) is 19.3 Å². The summed E-state index contributed by atoms with van der Waals surface area (Å²) in [5.74, 6) is 0.586. The maximum atomic E-state index is 12.0. The fraction of sp³-hybridized carbons (Fsp3) is 0.571. The molecule has 120 valence electrons. The van der Waals surface area contributed by atoms with Crippen molar-refractivity contribution < 1.29 is 23.0 Å². The smallest absolute Gasteiger partial charge is 0.240 e. The molecule has 0 radical (unpaired) electrons. The number of unbranched alkanes of at least 4 members (excludes halogenated alkanes) is 1. The lowest BCUT2D eigenvalue weighted by atomic mass is 10.3. The number of sulfonamides is 1. The van der Waals surface area contributed by atoms with E-state index in [2.05, 4.69) is 4.72 Å². The van der Waals surface area contributed by atoms with E-state index in [9.17, 15) is 8.42 Å². The molecule has 21 heavy (non-hydrogen) atoms. The fourth-order valence-electron chi connectivity index (χ4n) is 1.63. The third-order valence-corrected chi connectivity index (χ3v) is 4.25. The quantitative estimate of drug-likeness (QED) is 0.598. The van der Waals surface area contributed by atoms with Gasteiger partial charge in [-0.05, 0) is 37.1 Å². The number of ether oxygens (including phenoxy) is 2. The van der Waals surface area contributed by atoms with Crippen molar-refractivity contribution in [1.82, 2.24) is 4.72 Å². The Hall–Kier alpha value is -1.15. The van der Waals surface area contributed by atoms with E-state index in [1.54, 1.807) is 19.2 Å². The van der Waals surface area contributed by atoms with E-state index >= 15 is 0 Å². The third kappa shape index (κ3) is 6.90. The van der Waals surface area contributed by atoms with Gasteiger partial charge >= 0.3 is 0 Å². The van der Waals surface area contributed by atoms with Gasteiger partial charge in [0.05, 0.1) is 11.5 Å². The second-order valence-electron chi connectivity index (χ2n) is 4.49. The summed E-state index contributed by atoms with van der Waals surface area (Å²) >= 11 is 0. The van der Waals surface area contributed by atoms with Crippen LogP contribution in [0.15, 0.2) is 29.2 Å². The molecule has 0 unspecified atom stereocenters. The maximum absolute atomic E-state index is 12.0. The van der Waals surface area contributed by atoms with Gasteiger partial charge in [0.2, 0.25) is 10.0 Å². The van der Waals surface area contributed by atoms with Crippen molar-refractivity contribution in [3.63, 3.8) is 0 Å². The molecule has 7 heteroatoms. The molecule has 0 fully saturated rings. The minimum Gasteiger partial charge on any atom is -0.494 e. The van der Waals surface area contributed by atoms with Crippen LogP contribution in [0, 0.1) is 0 Å². The highest BCUT2D eigenvalue weighted by Crippen LogP contribution is 2.16. The largest absolute Gasteiger partial charge is 0.494 e. The summed E-state index contributed by atoms with van der Waals surface area (Å²) in [6, 6.07) is 6.23. The zero-order chi connectivity index (χ0) is 15.6. The van der Waals surface area contributed by atoms with E-state index in [-0.39, 0.29) is 11.5 Å². The van der Waals surface area contributed by atoms with Crippen molar-refractivity contribution in [2.45, 2.75) is 24.2 Å². The van der Waals surface area contributed by atoms with Crippen LogP contribution in [-0.4, -0.2) is 47.0 Å². The highest BCUT2D eigenvalue weighted by Gasteiger charge is 2.12. The van der Waals surface area contributed by atoms with E-state index in [0.29, 0.717) is 31.9 Å². The molecule has 0 amide bonds. The molecule has 0 saturated heterocycles. The van der Waals surface area contributed by atoms with Crippen LogP contribution in [0.3, 0.4) is 0 Å². The first-order valence-electron chi connectivity index (χ1n) is 6.92. The Morgan fingerprint density at radius 3 is 2.43 bits per heavy atom. The number of methoxy groups -OCH3 is 1. The zero-order valence-corrected chi connectivity index (χ0v) is 13.1. The fourth-order valence-corrected chi connectivity index (χ4v) is 2.70. The number of aliphatic hydroxyl groups excluding tert-OH is 1. The Labute approximate surface area is 126 Å². The molecule has 1 rings (SSSR count). The van der Waals surface area contributed by atoms with Crippen LogP contribution in [-0.2, 0) is 14.8 Å². The van der Waals surface area contributed by atoms with Gasteiger partial charge < -0.3 is 14.6 Å². The molecule has 1 aromatic rings. The first-order valence-corrected chi connectivity index (χ1v) is 8.41. The van der Waals surface area contributed by atoms with Gasteiger partial charge in [0.1, 0.15) is 5.75 Å². The van der Waals surface area contributed by atoms with Crippen LogP contribution in [0.4, 0.5) is 0 Å². The Balaban J connectivity index is 2.47. The van der Waals surface area contributed by atoms with Crippen LogP contribution < -0.4 is 9.46 Å². The number of rotatable bonds is 11. The lowest BCUT2D eigenvalue weighted by Crippen LogP contribution is -2.24. The van der Waals surface area contributed by atoms with Crippen molar-refractivity contribution in [3.05, 3.63) is 24.3 Å². The molecule has 2 N–H and O–H groups in total. The second kappa shape index (κ2) is 9.73. The summed E-state index contributed by atoms with van der Waals surface area (Å²) in [5.41, 5.74) is 0. The molecular weight excluding hydrogens is 294 g/mol. The van der Waals surface area contributed by atoms with Crippen LogP contribution in [0.25, 0.3) is 0 Å². The first-order chi connectivity index (χ1) is 10.1. The molecule has 0 spiro atoms. The van der Waals surface area contributed by atoms with E-state index in [0.717, 1.165) is 12.8 Å². The van der Waals surface area contributed by atoms with Crippen molar-refractivity contribution in [1.29, 1.82) is 0 Å². The summed E-state index contributed by atoms with van der Waals surface area (Å²) in [6.45, 7) is 1.49. The minimum absolute atomic E-state index is 0.0689. The van der Waals surface area contributed by atoms with Crippen molar-refractivity contribution in [3.8, 4) is 5.75 Å². The molecular formula is C14H23NO5S. The van der Waals surface area contributed by atoms with Gasteiger partial charge in [0, 0.05) is 33.3 Å². The molecule has 1 aromatic carbocycles. The van der Waals surface area contributed by atoms with Crippen molar-refractivity contribution in [2.75, 3.05) is 33.5 Å². The normalized spacial score (nSPS) is 11.5. The van der Waals surface area contributed by atoms with E-state index < -0.39 is 10.0 Å². The molecule has 0 bridgehead atoms. The van der Waals surface area contributed by atoms with Crippen LogP contribution >= 0.6 is 0 Å². The van der Waals surface area contributed by atoms with Gasteiger partial charge in [-0.3, -0.25) is 0 Å². The first kappa shape index (κ1) is 17.9. The summed E-state index contributed by atoms with van der Waals surface area (Å²) < 4.78 is 36.8. The lowest BCUT2D eigenvalue weighted by molar-refractivity contribution is 0.193. The molecule has 0 aliphatic rings. The summed E-state index contributed by atoms with van der Waals surface area (Å²) in [5, 5.41) is 8.66. The highest BCUT2D eigenvalue weighted by molar-refractivity contribution is 7.89.